The molecule has 2 saturated heterocycles. The molecule has 4 amide bonds. The molecule has 0 aliphatic carbocycles. The number of carbonyl (C=O) groups excluding carboxylic acids is 5. The van der Waals surface area contributed by atoms with Crippen LogP contribution in [-0.2, 0) is 59.3 Å². The molecule has 14 heteroatoms. The van der Waals surface area contributed by atoms with E-state index in [9.17, 15) is 24.0 Å². The summed E-state index contributed by atoms with van der Waals surface area (Å²) in [5, 5.41) is 5.65. The molecule has 3 aliphatic heterocycles. The lowest BCUT2D eigenvalue weighted by Crippen LogP contribution is -2.58. The molecule has 2 fully saturated rings. The van der Waals surface area contributed by atoms with Crippen LogP contribution in [-0.4, -0.2) is 115 Å². The lowest BCUT2D eigenvalue weighted by atomic mass is 9.83. The van der Waals surface area contributed by atoms with Crippen LogP contribution in [0.3, 0.4) is 0 Å². The number of nitrogens with one attached hydrogen (secondary N) is 2. The molecule has 0 saturated carbocycles. The number of cyclic esters (lactones) is 1. The number of amides is 4. The third-order valence-electron chi connectivity index (χ3n) is 13.7. The number of esters is 1. The fourth-order valence-electron chi connectivity index (χ4n) is 10.3. The van der Waals surface area contributed by atoms with Gasteiger partial charge in [-0.15, -0.1) is 0 Å². The van der Waals surface area contributed by atoms with Gasteiger partial charge >= 0.3 is 5.97 Å². The average Bonchev–Trinajstić information content (AvgIpc) is 3.93. The van der Waals surface area contributed by atoms with Crippen LogP contribution in [0, 0.1) is 23.2 Å². The SMILES string of the molecule is C=CC(=O)N1CC[C@H](C(=O)N(C)[C@H](C(=O)NC[C@H]2Cc3cc(N)cc(c3)-c3ccc4c(c3)c(c(-c3ccccc3CCOC)n4CC)CC(C)(C)COC(=O)[C@@H]3CCCN(N3)C2=O)C(C)C)C1. The maximum atomic E-state index is 14.7. The fourth-order valence-corrected chi connectivity index (χ4v) is 10.3. The number of aromatic nitrogens is 1. The van der Waals surface area contributed by atoms with Gasteiger partial charge in [0.15, 0.2) is 0 Å². The van der Waals surface area contributed by atoms with E-state index < -0.39 is 35.3 Å². The maximum Gasteiger partial charge on any atom is 0.324 e. The average molecular weight is 916 g/mol. The van der Waals surface area contributed by atoms with Crippen molar-refractivity contribution in [1.29, 1.82) is 0 Å². The number of hydrazine groups is 1. The quantitative estimate of drug-likeness (QED) is 0.0855. The highest BCUT2D eigenvalue weighted by atomic mass is 16.5. The smallest absolute Gasteiger partial charge is 0.324 e. The van der Waals surface area contributed by atoms with Crippen molar-refractivity contribution in [3.63, 3.8) is 0 Å². The number of benzene rings is 3. The van der Waals surface area contributed by atoms with Crippen LogP contribution in [0.25, 0.3) is 33.3 Å². The van der Waals surface area contributed by atoms with Gasteiger partial charge in [0.25, 0.3) is 0 Å². The molecular weight excluding hydrogens is 847 g/mol. The molecule has 6 bridgehead atoms. The molecular formula is C53H69N7O7. The number of likely N-dealkylation sites (tertiary alicyclic amines) is 1. The Morgan fingerprint density at radius 2 is 1.84 bits per heavy atom. The number of anilines is 1. The van der Waals surface area contributed by atoms with E-state index in [1.54, 1.807) is 19.1 Å². The first-order valence-electron chi connectivity index (χ1n) is 23.9. The number of rotatable bonds is 12. The summed E-state index contributed by atoms with van der Waals surface area (Å²) in [6, 6.07) is 19.3. The van der Waals surface area contributed by atoms with Crippen LogP contribution < -0.4 is 16.5 Å². The van der Waals surface area contributed by atoms with Crippen molar-refractivity contribution in [3.8, 4) is 22.4 Å². The monoisotopic (exact) mass is 916 g/mol. The van der Waals surface area contributed by atoms with Crippen molar-refractivity contribution in [1.82, 2.24) is 30.1 Å². The van der Waals surface area contributed by atoms with E-state index in [1.807, 2.05) is 26.0 Å². The Bertz CT molecular complexity index is 2510. The molecule has 0 radical (unpaired) electrons. The number of nitrogens with zero attached hydrogens (tertiary/aromatic N) is 4. The molecule has 3 aliphatic rings. The van der Waals surface area contributed by atoms with Gasteiger partial charge in [-0.1, -0.05) is 70.7 Å². The summed E-state index contributed by atoms with van der Waals surface area (Å²) in [5.74, 6) is -3.00. The molecule has 4 atom stereocenters. The number of methoxy groups -OCH3 is 1. The zero-order chi connectivity index (χ0) is 48.2. The minimum atomic E-state index is -0.830. The summed E-state index contributed by atoms with van der Waals surface area (Å²) in [4.78, 5) is 72.0. The first-order chi connectivity index (χ1) is 32.0. The Hall–Kier alpha value is -5.99. The third kappa shape index (κ3) is 10.8. The van der Waals surface area contributed by atoms with Gasteiger partial charge in [-0.3, -0.25) is 29.0 Å². The van der Waals surface area contributed by atoms with Crippen LogP contribution in [0.1, 0.15) is 70.6 Å². The Balaban J connectivity index is 1.26. The number of likely N-dealkylation sites (N-methyl/N-ethyl adjacent to an activating group) is 1. The summed E-state index contributed by atoms with van der Waals surface area (Å²) >= 11 is 0. The second-order valence-electron chi connectivity index (χ2n) is 19.7. The van der Waals surface area contributed by atoms with Crippen LogP contribution in [0.5, 0.6) is 0 Å². The Kier molecular flexibility index (Phi) is 15.3. The van der Waals surface area contributed by atoms with E-state index in [-0.39, 0.29) is 55.7 Å². The molecule has 0 unspecified atom stereocenters. The molecule has 4 N–H and O–H groups in total. The Morgan fingerprint density at radius 3 is 2.57 bits per heavy atom. The van der Waals surface area contributed by atoms with Gasteiger partial charge in [-0.25, -0.2) is 5.43 Å². The number of fused-ring (bicyclic) bond motifs is 6. The molecule has 4 heterocycles. The zero-order valence-electron chi connectivity index (χ0n) is 40.4. The lowest BCUT2D eigenvalue weighted by molar-refractivity contribution is -0.155. The van der Waals surface area contributed by atoms with Crippen molar-refractivity contribution in [2.75, 3.05) is 59.3 Å². The van der Waals surface area contributed by atoms with Gasteiger partial charge in [0.1, 0.15) is 12.1 Å². The summed E-state index contributed by atoms with van der Waals surface area (Å²) in [5.41, 5.74) is 18.3. The largest absolute Gasteiger partial charge is 0.464 e. The first kappa shape index (κ1) is 48.9. The van der Waals surface area contributed by atoms with Crippen LogP contribution in [0.4, 0.5) is 5.69 Å². The number of aryl methyl sites for hydroxylation is 1. The van der Waals surface area contributed by atoms with Gasteiger partial charge in [0.2, 0.25) is 23.6 Å². The van der Waals surface area contributed by atoms with E-state index in [0.29, 0.717) is 51.1 Å². The molecule has 7 rings (SSSR count). The Labute approximate surface area is 395 Å². The summed E-state index contributed by atoms with van der Waals surface area (Å²) in [6.07, 6.45) is 4.42. The highest BCUT2D eigenvalue weighted by molar-refractivity contribution is 5.96. The predicted octanol–water partition coefficient (Wildman–Crippen LogP) is 6.18. The maximum absolute atomic E-state index is 14.7. The van der Waals surface area contributed by atoms with E-state index in [4.69, 9.17) is 15.2 Å². The molecule has 0 spiro atoms. The topological polar surface area (TPSA) is 169 Å². The molecule has 14 nitrogen and oxygen atoms in total. The van der Waals surface area contributed by atoms with Crippen LogP contribution in [0.2, 0.25) is 0 Å². The lowest BCUT2D eigenvalue weighted by Gasteiger charge is -2.36. The van der Waals surface area contributed by atoms with Gasteiger partial charge in [-0.05, 0) is 110 Å². The summed E-state index contributed by atoms with van der Waals surface area (Å²) in [7, 11) is 3.34. The second-order valence-corrected chi connectivity index (χ2v) is 19.7. The van der Waals surface area contributed by atoms with Crippen molar-refractivity contribution in [3.05, 3.63) is 90.0 Å². The van der Waals surface area contributed by atoms with Crippen molar-refractivity contribution < 1.29 is 33.4 Å². The second kappa shape index (κ2) is 20.9. The Morgan fingerprint density at radius 1 is 1.06 bits per heavy atom. The summed E-state index contributed by atoms with van der Waals surface area (Å²) in [6.45, 7) is 16.3. The van der Waals surface area contributed by atoms with Crippen molar-refractivity contribution in [2.45, 2.75) is 91.8 Å². The van der Waals surface area contributed by atoms with Gasteiger partial charge in [0, 0.05) is 74.5 Å². The minimum absolute atomic E-state index is 0.0337. The number of nitrogens with two attached hydrogens (primary N) is 1. The highest BCUT2D eigenvalue weighted by Gasteiger charge is 2.39. The molecule has 3 aromatic carbocycles. The van der Waals surface area contributed by atoms with Gasteiger partial charge < -0.3 is 34.9 Å². The number of hydrogen-bond acceptors (Lipinski definition) is 9. The normalized spacial score (nSPS) is 20.3. The molecule has 4 aromatic rings. The highest BCUT2D eigenvalue weighted by Crippen LogP contribution is 2.41. The third-order valence-corrected chi connectivity index (χ3v) is 13.7. The predicted molar refractivity (Wildman–Crippen MR) is 261 cm³/mol. The van der Waals surface area contributed by atoms with Gasteiger partial charge in [0.05, 0.1) is 30.7 Å². The molecule has 67 heavy (non-hydrogen) atoms. The van der Waals surface area contributed by atoms with E-state index in [1.165, 1.54) is 27.1 Å². The van der Waals surface area contributed by atoms with Gasteiger partial charge in [-0.2, -0.15) is 0 Å². The molecule has 358 valence electrons. The van der Waals surface area contributed by atoms with E-state index >= 15 is 0 Å². The fraction of sp³-hybridized carbons (Fsp3) is 0.491. The van der Waals surface area contributed by atoms with E-state index in [0.717, 1.165) is 51.8 Å². The van der Waals surface area contributed by atoms with Crippen molar-refractivity contribution in [2.24, 2.45) is 23.2 Å². The van der Waals surface area contributed by atoms with Crippen LogP contribution >= 0.6 is 0 Å². The number of hydrogen-bond donors (Lipinski definition) is 3. The van der Waals surface area contributed by atoms with Crippen molar-refractivity contribution >= 4 is 46.2 Å². The minimum Gasteiger partial charge on any atom is -0.464 e. The van der Waals surface area contributed by atoms with Crippen LogP contribution in [0.15, 0.2) is 73.3 Å². The number of ether oxygens (including phenoxy) is 2. The summed E-state index contributed by atoms with van der Waals surface area (Å²) < 4.78 is 14.1. The standard InChI is InChI=1S/C53H69N7O7/c1-9-46(61)58-22-19-37(31-58)50(63)57(7)47(33(3)4)49(62)55-30-39-25-34-24-38(27-40(54)26-34)36-17-18-45-42(28-36)43(48(59(45)10-2)41-15-12-11-14-35(41)20-23-66-8)29-53(5,6)32-67-52(65)44-16-13-21-60(56-44)51(39)64/h9,11-12,14-15,17-18,24,26-28,33,37,39,44,47,56H,1,10,13,16,19-23,25,29-32,54H2,2-8H3,(H,55,62)/t37-,39+,44-,47-/m0/s1. The number of nitrogen functional groups attached to an aromatic ring is 1. The number of carbonyl (C=O) groups is 5. The molecule has 1 aromatic heterocycles. The zero-order valence-corrected chi connectivity index (χ0v) is 40.4. The van der Waals surface area contributed by atoms with E-state index in [2.05, 4.69) is 91.2 Å². The first-order valence-corrected chi connectivity index (χ1v) is 23.9.